The highest BCUT2D eigenvalue weighted by Gasteiger charge is 2.36. The summed E-state index contributed by atoms with van der Waals surface area (Å²) in [4.78, 5) is 20.9. The van der Waals surface area contributed by atoms with Gasteiger partial charge in [0, 0.05) is 44.1 Å². The van der Waals surface area contributed by atoms with Crippen LogP contribution in [0.2, 0.25) is 0 Å². The minimum Gasteiger partial charge on any atom is -0.381 e. The Kier molecular flexibility index (Phi) is 8.24. The average Bonchev–Trinajstić information content (AvgIpc) is 3.05. The summed E-state index contributed by atoms with van der Waals surface area (Å²) in [5, 5.41) is 3.61. The van der Waals surface area contributed by atoms with Crippen molar-refractivity contribution in [1.29, 1.82) is 0 Å². The number of anilines is 1. The molecule has 3 N–H and O–H groups in total. The van der Waals surface area contributed by atoms with Crippen molar-refractivity contribution in [2.24, 2.45) is 5.73 Å². The lowest BCUT2D eigenvalue weighted by Crippen LogP contribution is -2.54. The number of benzene rings is 1. The summed E-state index contributed by atoms with van der Waals surface area (Å²) in [5.41, 5.74) is 7.84. The van der Waals surface area contributed by atoms with Gasteiger partial charge in [0.05, 0.1) is 5.69 Å². The van der Waals surface area contributed by atoms with Gasteiger partial charge in [-0.15, -0.1) is 36.2 Å². The maximum absolute atomic E-state index is 12.6. The second kappa shape index (κ2) is 10.0. The van der Waals surface area contributed by atoms with Crippen LogP contribution in [0.3, 0.4) is 0 Å². The van der Waals surface area contributed by atoms with Crippen molar-refractivity contribution in [1.82, 2.24) is 9.88 Å². The van der Waals surface area contributed by atoms with Gasteiger partial charge in [-0.25, -0.2) is 4.98 Å². The van der Waals surface area contributed by atoms with Crippen molar-refractivity contribution in [3.05, 3.63) is 46.5 Å². The van der Waals surface area contributed by atoms with Gasteiger partial charge in [0.25, 0.3) is 0 Å². The molecule has 1 aromatic heterocycles. The summed E-state index contributed by atoms with van der Waals surface area (Å²) in [7, 11) is 0. The Morgan fingerprint density at radius 1 is 1.25 bits per heavy atom. The molecule has 1 saturated heterocycles. The lowest BCUT2D eigenvalue weighted by molar-refractivity contribution is -0.124. The van der Waals surface area contributed by atoms with Crippen LogP contribution in [0.15, 0.2) is 30.3 Å². The van der Waals surface area contributed by atoms with Gasteiger partial charge in [0.1, 0.15) is 5.54 Å². The number of thiazole rings is 1. The summed E-state index contributed by atoms with van der Waals surface area (Å²) in [5.74, 6) is -0.145. The van der Waals surface area contributed by atoms with E-state index >= 15 is 0 Å². The van der Waals surface area contributed by atoms with Crippen molar-refractivity contribution >= 4 is 47.2 Å². The highest BCUT2D eigenvalue weighted by Crippen LogP contribution is 2.30. The van der Waals surface area contributed by atoms with Crippen LogP contribution in [0, 0.1) is 0 Å². The van der Waals surface area contributed by atoms with E-state index < -0.39 is 5.54 Å². The average molecular weight is 445 g/mol. The summed E-state index contributed by atoms with van der Waals surface area (Å²) < 4.78 is 5.31. The molecule has 9 heteroatoms. The SMILES string of the molecule is Cl.Cl.NC1(C(=O)Nc2nc3c(s2)CN(Cc2ccccc2)CC3)CCOCC1. The Bertz CT molecular complexity index is 781. The molecule has 1 amide bonds. The van der Waals surface area contributed by atoms with E-state index in [4.69, 9.17) is 10.5 Å². The lowest BCUT2D eigenvalue weighted by atomic mass is 9.90. The third-order valence-electron chi connectivity index (χ3n) is 5.12. The first kappa shape index (κ1) is 23.1. The molecule has 1 fully saturated rings. The predicted molar refractivity (Wildman–Crippen MR) is 116 cm³/mol. The molecule has 28 heavy (non-hydrogen) atoms. The third-order valence-corrected chi connectivity index (χ3v) is 6.11. The lowest BCUT2D eigenvalue weighted by Gasteiger charge is -2.31. The van der Waals surface area contributed by atoms with E-state index in [2.05, 4.69) is 39.5 Å². The summed E-state index contributed by atoms with van der Waals surface area (Å²) in [6.07, 6.45) is 2.01. The Hall–Kier alpha value is -1.22. The standard InChI is InChI=1S/C19H24N4O2S.2ClH/c20-19(7-10-25-11-8-19)17(24)22-18-21-15-6-9-23(13-16(15)26-18)12-14-4-2-1-3-5-14;;/h1-5H,6-13,20H2,(H,21,22,24);2*1H. The topological polar surface area (TPSA) is 80.5 Å². The van der Waals surface area contributed by atoms with E-state index in [0.717, 1.165) is 31.7 Å². The molecular weight excluding hydrogens is 419 g/mol. The van der Waals surface area contributed by atoms with Gasteiger partial charge in [-0.05, 0) is 18.4 Å². The molecule has 2 aromatic rings. The maximum atomic E-state index is 12.6. The van der Waals surface area contributed by atoms with Crippen LogP contribution in [-0.4, -0.2) is 41.1 Å². The largest absolute Gasteiger partial charge is 0.381 e. The van der Waals surface area contributed by atoms with E-state index in [1.165, 1.54) is 10.4 Å². The third kappa shape index (κ3) is 5.23. The zero-order valence-electron chi connectivity index (χ0n) is 15.6. The summed E-state index contributed by atoms with van der Waals surface area (Å²) >= 11 is 1.57. The second-order valence-corrected chi connectivity index (χ2v) is 8.14. The van der Waals surface area contributed by atoms with Gasteiger partial charge >= 0.3 is 0 Å². The first-order valence-electron chi connectivity index (χ1n) is 9.05. The molecule has 0 saturated carbocycles. The molecule has 0 radical (unpaired) electrons. The molecule has 0 spiro atoms. The number of hydrogen-bond donors (Lipinski definition) is 2. The van der Waals surface area contributed by atoms with E-state index in [-0.39, 0.29) is 30.7 Å². The van der Waals surface area contributed by atoms with E-state index in [9.17, 15) is 4.79 Å². The molecule has 2 aliphatic rings. The first-order valence-corrected chi connectivity index (χ1v) is 9.87. The number of hydrogen-bond acceptors (Lipinski definition) is 6. The minimum atomic E-state index is -0.843. The van der Waals surface area contributed by atoms with Crippen LogP contribution in [0.5, 0.6) is 0 Å². The number of halogens is 2. The van der Waals surface area contributed by atoms with E-state index in [1.807, 2.05) is 6.07 Å². The van der Waals surface area contributed by atoms with Crippen molar-refractivity contribution in [2.75, 3.05) is 25.1 Å². The van der Waals surface area contributed by atoms with Crippen LogP contribution in [0.25, 0.3) is 0 Å². The number of fused-ring (bicyclic) bond motifs is 1. The van der Waals surface area contributed by atoms with Crippen LogP contribution in [0.4, 0.5) is 5.13 Å². The molecule has 0 aliphatic carbocycles. The minimum absolute atomic E-state index is 0. The molecule has 6 nitrogen and oxygen atoms in total. The molecule has 0 atom stereocenters. The van der Waals surface area contributed by atoms with Gasteiger partial charge in [-0.3, -0.25) is 9.69 Å². The quantitative estimate of drug-likeness (QED) is 0.757. The maximum Gasteiger partial charge on any atom is 0.246 e. The van der Waals surface area contributed by atoms with Gasteiger partial charge in [-0.2, -0.15) is 0 Å². The fourth-order valence-electron chi connectivity index (χ4n) is 3.46. The van der Waals surface area contributed by atoms with E-state index in [1.54, 1.807) is 11.3 Å². The number of nitrogens with one attached hydrogen (secondary N) is 1. The van der Waals surface area contributed by atoms with Crippen LogP contribution in [0.1, 0.15) is 29.0 Å². The normalized spacial score (nSPS) is 18.3. The number of aromatic nitrogens is 1. The Morgan fingerprint density at radius 3 is 2.68 bits per heavy atom. The highest BCUT2D eigenvalue weighted by atomic mass is 35.5. The molecule has 0 unspecified atom stereocenters. The number of carbonyl (C=O) groups excluding carboxylic acids is 1. The summed E-state index contributed by atoms with van der Waals surface area (Å²) in [6.45, 7) is 3.86. The summed E-state index contributed by atoms with van der Waals surface area (Å²) in [6, 6.07) is 10.5. The Balaban J connectivity index is 0.00000140. The van der Waals surface area contributed by atoms with Crippen molar-refractivity contribution in [3.63, 3.8) is 0 Å². The molecule has 154 valence electrons. The van der Waals surface area contributed by atoms with Crippen molar-refractivity contribution in [3.8, 4) is 0 Å². The predicted octanol–water partition coefficient (Wildman–Crippen LogP) is 2.99. The molecule has 2 aliphatic heterocycles. The number of carbonyl (C=O) groups is 1. The van der Waals surface area contributed by atoms with Crippen molar-refractivity contribution < 1.29 is 9.53 Å². The highest BCUT2D eigenvalue weighted by molar-refractivity contribution is 7.15. The molecular formula is C19H26Cl2N4O2S. The van der Waals surface area contributed by atoms with Gasteiger partial charge in [0.15, 0.2) is 5.13 Å². The monoisotopic (exact) mass is 444 g/mol. The van der Waals surface area contributed by atoms with Gasteiger partial charge < -0.3 is 15.8 Å². The number of amides is 1. The van der Waals surface area contributed by atoms with Crippen molar-refractivity contribution in [2.45, 2.75) is 37.9 Å². The number of rotatable bonds is 4. The zero-order chi connectivity index (χ0) is 18.0. The Labute approximate surface area is 181 Å². The smallest absolute Gasteiger partial charge is 0.246 e. The fourth-order valence-corrected chi connectivity index (χ4v) is 4.51. The molecule has 4 rings (SSSR count). The zero-order valence-corrected chi connectivity index (χ0v) is 18.0. The number of ether oxygens (including phenoxy) is 1. The molecule has 0 bridgehead atoms. The van der Waals surface area contributed by atoms with Gasteiger partial charge in [-0.1, -0.05) is 30.3 Å². The molecule has 1 aromatic carbocycles. The van der Waals surface area contributed by atoms with E-state index in [0.29, 0.717) is 31.2 Å². The van der Waals surface area contributed by atoms with Crippen LogP contribution in [-0.2, 0) is 29.0 Å². The van der Waals surface area contributed by atoms with Crippen LogP contribution < -0.4 is 11.1 Å². The number of nitrogens with zero attached hydrogens (tertiary/aromatic N) is 2. The first-order chi connectivity index (χ1) is 12.6. The van der Waals surface area contributed by atoms with Gasteiger partial charge in [0.2, 0.25) is 5.91 Å². The fraction of sp³-hybridized carbons (Fsp3) is 0.474. The second-order valence-electron chi connectivity index (χ2n) is 7.06. The molecule has 3 heterocycles. The van der Waals surface area contributed by atoms with Crippen LogP contribution >= 0.6 is 36.2 Å². The number of nitrogens with two attached hydrogens (primary N) is 1. The Morgan fingerprint density at radius 2 is 1.96 bits per heavy atom.